The third-order valence-electron chi connectivity index (χ3n) is 5.47. The van der Waals surface area contributed by atoms with Crippen molar-refractivity contribution in [1.29, 1.82) is 0 Å². The topological polar surface area (TPSA) is 118 Å². The maximum absolute atomic E-state index is 12.2. The Hall–Kier alpha value is -0.790. The molecule has 0 aliphatic heterocycles. The molecular weight excluding hydrogens is 372 g/mol. The van der Waals surface area contributed by atoms with E-state index in [2.05, 4.69) is 19.1 Å². The van der Waals surface area contributed by atoms with E-state index in [4.69, 9.17) is 10.2 Å². The SMILES string of the molecule is CCCCCCCC/C=C\CCCCCCCC(=O)C(O)([C@H](O)CO)[C@@H](O)CO. The van der Waals surface area contributed by atoms with E-state index in [1.54, 1.807) is 0 Å². The molecule has 0 spiro atoms. The maximum Gasteiger partial charge on any atom is 0.179 e. The second-order valence-electron chi connectivity index (χ2n) is 7.98. The molecule has 0 rings (SSSR count). The van der Waals surface area contributed by atoms with Gasteiger partial charge in [0.25, 0.3) is 0 Å². The van der Waals surface area contributed by atoms with Gasteiger partial charge in [-0.3, -0.25) is 4.79 Å². The Morgan fingerprint density at radius 2 is 1.17 bits per heavy atom. The van der Waals surface area contributed by atoms with Crippen LogP contribution in [-0.4, -0.2) is 62.3 Å². The molecule has 0 saturated heterocycles. The number of unbranched alkanes of at least 4 members (excludes halogenated alkanes) is 11. The molecule has 172 valence electrons. The predicted octanol–water partition coefficient (Wildman–Crippen LogP) is 3.03. The molecule has 1 unspecified atom stereocenters. The van der Waals surface area contributed by atoms with Gasteiger partial charge in [-0.05, 0) is 32.1 Å². The third kappa shape index (κ3) is 11.8. The molecule has 3 atom stereocenters. The van der Waals surface area contributed by atoms with Gasteiger partial charge in [0.15, 0.2) is 11.4 Å². The van der Waals surface area contributed by atoms with Gasteiger partial charge < -0.3 is 25.5 Å². The number of hydrogen-bond acceptors (Lipinski definition) is 6. The van der Waals surface area contributed by atoms with Crippen molar-refractivity contribution >= 4 is 5.78 Å². The van der Waals surface area contributed by atoms with Crippen LogP contribution in [0.5, 0.6) is 0 Å². The fourth-order valence-corrected chi connectivity index (χ4v) is 3.43. The van der Waals surface area contributed by atoms with Crippen LogP contribution < -0.4 is 0 Å². The van der Waals surface area contributed by atoms with Crippen molar-refractivity contribution in [2.75, 3.05) is 13.2 Å². The first-order chi connectivity index (χ1) is 13.9. The normalized spacial score (nSPS) is 16.1. The standard InChI is InChI=1S/C23H44O6/c1-2-3-4-5-6-7-8-9-10-11-12-13-14-15-16-17-20(26)23(29,21(27)18-24)22(28)19-25/h9-10,21-22,24-25,27-29H,2-8,11-19H2,1H3/b10-9-/t21-,22+,23?. The summed E-state index contributed by atoms with van der Waals surface area (Å²) in [5.41, 5.74) is -2.52. The smallest absolute Gasteiger partial charge is 0.179 e. The molecule has 0 radical (unpaired) electrons. The zero-order valence-corrected chi connectivity index (χ0v) is 18.3. The van der Waals surface area contributed by atoms with Gasteiger partial charge in [0.1, 0.15) is 12.2 Å². The number of allylic oxidation sites excluding steroid dienone is 2. The molecule has 6 heteroatoms. The average Bonchev–Trinajstić information content (AvgIpc) is 2.74. The molecule has 5 N–H and O–H groups in total. The van der Waals surface area contributed by atoms with Crippen molar-refractivity contribution in [3.05, 3.63) is 12.2 Å². The highest BCUT2D eigenvalue weighted by Crippen LogP contribution is 2.21. The van der Waals surface area contributed by atoms with Gasteiger partial charge in [-0.2, -0.15) is 0 Å². The molecule has 0 bridgehead atoms. The summed E-state index contributed by atoms with van der Waals surface area (Å²) in [5, 5.41) is 47.6. The van der Waals surface area contributed by atoms with Crippen molar-refractivity contribution in [3.63, 3.8) is 0 Å². The minimum absolute atomic E-state index is 0.0111. The van der Waals surface area contributed by atoms with Crippen LogP contribution in [0.3, 0.4) is 0 Å². The Balaban J connectivity index is 3.78. The van der Waals surface area contributed by atoms with Crippen molar-refractivity contribution in [2.45, 2.75) is 115 Å². The number of rotatable bonds is 20. The summed E-state index contributed by atoms with van der Waals surface area (Å²) in [7, 11) is 0. The van der Waals surface area contributed by atoms with Gasteiger partial charge in [-0.15, -0.1) is 0 Å². The van der Waals surface area contributed by atoms with Crippen LogP contribution in [0, 0.1) is 0 Å². The quantitative estimate of drug-likeness (QED) is 0.154. The highest BCUT2D eigenvalue weighted by Gasteiger charge is 2.48. The fourth-order valence-electron chi connectivity index (χ4n) is 3.43. The monoisotopic (exact) mass is 416 g/mol. The first kappa shape index (κ1) is 28.2. The van der Waals surface area contributed by atoms with E-state index in [0.29, 0.717) is 6.42 Å². The molecular formula is C23H44O6. The van der Waals surface area contributed by atoms with Crippen molar-refractivity contribution in [1.82, 2.24) is 0 Å². The van der Waals surface area contributed by atoms with Gasteiger partial charge in [0.05, 0.1) is 13.2 Å². The first-order valence-corrected chi connectivity index (χ1v) is 11.4. The first-order valence-electron chi connectivity index (χ1n) is 11.4. The van der Waals surface area contributed by atoms with E-state index < -0.39 is 36.8 Å². The molecule has 0 fully saturated rings. The van der Waals surface area contributed by atoms with Crippen molar-refractivity contribution < 1.29 is 30.3 Å². The molecule has 0 aliphatic carbocycles. The van der Waals surface area contributed by atoms with Crippen LogP contribution in [0.2, 0.25) is 0 Å². The summed E-state index contributed by atoms with van der Waals surface area (Å²) < 4.78 is 0. The van der Waals surface area contributed by atoms with Crippen molar-refractivity contribution in [3.8, 4) is 0 Å². The average molecular weight is 417 g/mol. The number of Topliss-reactive ketones (excluding diaryl/α,β-unsaturated/α-hetero) is 1. The largest absolute Gasteiger partial charge is 0.394 e. The summed E-state index contributed by atoms with van der Waals surface area (Å²) in [6, 6.07) is 0. The minimum atomic E-state index is -2.52. The van der Waals surface area contributed by atoms with Gasteiger partial charge in [0.2, 0.25) is 0 Å². The molecule has 0 aromatic rings. The third-order valence-corrected chi connectivity index (χ3v) is 5.47. The van der Waals surface area contributed by atoms with E-state index in [-0.39, 0.29) is 6.42 Å². The van der Waals surface area contributed by atoms with Crippen LogP contribution >= 0.6 is 0 Å². The lowest BCUT2D eigenvalue weighted by atomic mass is 9.84. The molecule has 29 heavy (non-hydrogen) atoms. The van der Waals surface area contributed by atoms with Crippen LogP contribution in [0.4, 0.5) is 0 Å². The zero-order valence-electron chi connectivity index (χ0n) is 18.3. The molecule has 0 aromatic heterocycles. The lowest BCUT2D eigenvalue weighted by Gasteiger charge is -2.34. The van der Waals surface area contributed by atoms with Gasteiger partial charge >= 0.3 is 0 Å². The number of ketones is 1. The molecule has 0 saturated carbocycles. The lowest BCUT2D eigenvalue weighted by molar-refractivity contribution is -0.182. The second kappa shape index (κ2) is 18.0. The molecule has 0 aromatic carbocycles. The lowest BCUT2D eigenvalue weighted by Crippen LogP contribution is -2.60. The zero-order chi connectivity index (χ0) is 22.0. The fraction of sp³-hybridized carbons (Fsp3) is 0.870. The number of aliphatic hydroxyl groups excluding tert-OH is 4. The number of carbonyl (C=O) groups excluding carboxylic acids is 1. The predicted molar refractivity (Wildman–Crippen MR) is 116 cm³/mol. The number of carbonyl (C=O) groups is 1. The molecule has 0 aliphatic rings. The summed E-state index contributed by atoms with van der Waals surface area (Å²) in [5.74, 6) is -0.752. The van der Waals surface area contributed by atoms with Gasteiger partial charge in [-0.25, -0.2) is 0 Å². The van der Waals surface area contributed by atoms with Crippen LogP contribution in [-0.2, 0) is 4.79 Å². The number of hydrogen-bond donors (Lipinski definition) is 5. The van der Waals surface area contributed by atoms with Crippen LogP contribution in [0.1, 0.15) is 96.8 Å². The Morgan fingerprint density at radius 3 is 1.62 bits per heavy atom. The highest BCUT2D eigenvalue weighted by atomic mass is 16.4. The molecule has 0 amide bonds. The van der Waals surface area contributed by atoms with E-state index >= 15 is 0 Å². The van der Waals surface area contributed by atoms with E-state index in [1.807, 2.05) is 0 Å². The summed E-state index contributed by atoms with van der Waals surface area (Å²) in [6.07, 6.45) is 15.5. The Morgan fingerprint density at radius 1 is 0.759 bits per heavy atom. The maximum atomic E-state index is 12.2. The van der Waals surface area contributed by atoms with E-state index in [9.17, 15) is 20.1 Å². The van der Waals surface area contributed by atoms with Crippen molar-refractivity contribution in [2.24, 2.45) is 0 Å². The Labute approximate surface area is 176 Å². The van der Waals surface area contributed by atoms with Gasteiger partial charge in [0, 0.05) is 6.42 Å². The van der Waals surface area contributed by atoms with Crippen LogP contribution in [0.15, 0.2) is 12.2 Å². The second-order valence-corrected chi connectivity index (χ2v) is 7.98. The van der Waals surface area contributed by atoms with E-state index in [0.717, 1.165) is 38.5 Å². The summed E-state index contributed by atoms with van der Waals surface area (Å²) in [6.45, 7) is 0.494. The summed E-state index contributed by atoms with van der Waals surface area (Å²) >= 11 is 0. The van der Waals surface area contributed by atoms with Crippen LogP contribution in [0.25, 0.3) is 0 Å². The van der Waals surface area contributed by atoms with E-state index in [1.165, 1.54) is 38.5 Å². The number of aliphatic hydroxyl groups is 5. The highest BCUT2D eigenvalue weighted by molar-refractivity contribution is 5.88. The Kier molecular flexibility index (Phi) is 17.5. The minimum Gasteiger partial charge on any atom is -0.394 e. The molecule has 0 heterocycles. The molecule has 6 nitrogen and oxygen atoms in total. The van der Waals surface area contributed by atoms with Gasteiger partial charge in [-0.1, -0.05) is 70.4 Å². The Bertz CT molecular complexity index is 414. The summed E-state index contributed by atoms with van der Waals surface area (Å²) in [4.78, 5) is 12.2.